The molecule has 1 unspecified atom stereocenters. The maximum atomic E-state index is 12.2. The van der Waals surface area contributed by atoms with Gasteiger partial charge in [0.25, 0.3) is 0 Å². The number of amides is 1. The van der Waals surface area contributed by atoms with Gasteiger partial charge in [-0.3, -0.25) is 9.59 Å². The Morgan fingerprint density at radius 1 is 1.29 bits per heavy atom. The molecule has 0 bridgehead atoms. The molecule has 0 aliphatic heterocycles. The summed E-state index contributed by atoms with van der Waals surface area (Å²) in [4.78, 5) is 35.6. The number of carbonyl (C=O) groups is 3. The minimum atomic E-state index is -1.13. The first-order valence-electron chi connectivity index (χ1n) is 8.79. The first kappa shape index (κ1) is 21.1. The summed E-state index contributed by atoms with van der Waals surface area (Å²) in [6.07, 6.45) is 0. The summed E-state index contributed by atoms with van der Waals surface area (Å²) in [5, 5.41) is 15.8. The quantitative estimate of drug-likeness (QED) is 0.577. The molecule has 8 nitrogen and oxygen atoms in total. The molecule has 1 atom stereocenters. The van der Waals surface area contributed by atoms with E-state index in [1.165, 1.54) is 13.8 Å². The van der Waals surface area contributed by atoms with Crippen LogP contribution in [0.25, 0.3) is 11.3 Å². The number of carboxylic acid groups (broad SMARTS) is 1. The van der Waals surface area contributed by atoms with E-state index in [0.29, 0.717) is 5.56 Å². The van der Waals surface area contributed by atoms with Gasteiger partial charge in [-0.05, 0) is 46.2 Å². The van der Waals surface area contributed by atoms with Crippen molar-refractivity contribution in [1.82, 2.24) is 10.5 Å². The van der Waals surface area contributed by atoms with Crippen LogP contribution >= 0.6 is 0 Å². The van der Waals surface area contributed by atoms with Gasteiger partial charge >= 0.3 is 11.9 Å². The van der Waals surface area contributed by atoms with E-state index in [0.717, 1.165) is 5.56 Å². The Hall–Kier alpha value is -3.16. The second-order valence-electron chi connectivity index (χ2n) is 7.44. The third-order valence-electron chi connectivity index (χ3n) is 3.90. The van der Waals surface area contributed by atoms with Crippen molar-refractivity contribution in [3.8, 4) is 11.3 Å². The highest BCUT2D eigenvalue weighted by atomic mass is 16.6. The molecule has 1 heterocycles. The number of hydrogen-bond donors (Lipinski definition) is 2. The van der Waals surface area contributed by atoms with Gasteiger partial charge in [-0.25, -0.2) is 4.79 Å². The average molecular weight is 388 g/mol. The number of carboxylic acids is 1. The first-order chi connectivity index (χ1) is 13.0. The molecule has 8 heteroatoms. The Morgan fingerprint density at radius 3 is 2.57 bits per heavy atom. The van der Waals surface area contributed by atoms with E-state index in [1.807, 2.05) is 0 Å². The fourth-order valence-corrected chi connectivity index (χ4v) is 2.49. The van der Waals surface area contributed by atoms with E-state index in [9.17, 15) is 19.5 Å². The van der Waals surface area contributed by atoms with Crippen LogP contribution in [0.15, 0.2) is 28.8 Å². The van der Waals surface area contributed by atoms with Gasteiger partial charge in [0.1, 0.15) is 28.5 Å². The SMILES string of the molecule is Cc1onc(-c2cccc(CNC(=O)C(C)C(=O)OC(C)(C)C)c2)c1C(=O)O. The number of esters is 1. The van der Waals surface area contributed by atoms with Crippen molar-refractivity contribution in [2.75, 3.05) is 0 Å². The number of nitrogens with zero attached hydrogens (tertiary/aromatic N) is 1. The highest BCUT2D eigenvalue weighted by molar-refractivity contribution is 5.97. The smallest absolute Gasteiger partial charge is 0.341 e. The zero-order valence-electron chi connectivity index (χ0n) is 16.5. The predicted octanol–water partition coefficient (Wildman–Crippen LogP) is 2.94. The lowest BCUT2D eigenvalue weighted by Crippen LogP contribution is -2.37. The highest BCUT2D eigenvalue weighted by Crippen LogP contribution is 2.26. The van der Waals surface area contributed by atoms with Crippen LogP contribution < -0.4 is 5.32 Å². The molecule has 0 saturated heterocycles. The maximum absolute atomic E-state index is 12.2. The van der Waals surface area contributed by atoms with E-state index in [4.69, 9.17) is 9.26 Å². The van der Waals surface area contributed by atoms with Crippen molar-refractivity contribution in [3.05, 3.63) is 41.2 Å². The van der Waals surface area contributed by atoms with Gasteiger partial charge in [0.15, 0.2) is 0 Å². The normalized spacial score (nSPS) is 12.3. The van der Waals surface area contributed by atoms with Crippen LogP contribution in [0, 0.1) is 12.8 Å². The zero-order valence-corrected chi connectivity index (χ0v) is 16.5. The Morgan fingerprint density at radius 2 is 1.96 bits per heavy atom. The summed E-state index contributed by atoms with van der Waals surface area (Å²) in [6, 6.07) is 6.92. The fraction of sp³-hybridized carbons (Fsp3) is 0.400. The summed E-state index contributed by atoms with van der Waals surface area (Å²) in [5.41, 5.74) is 0.831. The lowest BCUT2D eigenvalue weighted by Gasteiger charge is -2.22. The van der Waals surface area contributed by atoms with Crippen LogP contribution in [-0.2, 0) is 20.9 Å². The number of benzene rings is 1. The van der Waals surface area contributed by atoms with Gasteiger partial charge in [-0.2, -0.15) is 0 Å². The molecule has 2 rings (SSSR count). The van der Waals surface area contributed by atoms with Gasteiger partial charge in [0.05, 0.1) is 0 Å². The van der Waals surface area contributed by atoms with E-state index < -0.39 is 29.4 Å². The second kappa shape index (κ2) is 8.24. The summed E-state index contributed by atoms with van der Waals surface area (Å²) < 4.78 is 10.2. The average Bonchev–Trinajstić information content (AvgIpc) is 2.99. The topological polar surface area (TPSA) is 119 Å². The summed E-state index contributed by atoms with van der Waals surface area (Å²) in [6.45, 7) is 8.38. The molecule has 1 aromatic carbocycles. The van der Waals surface area contributed by atoms with E-state index in [2.05, 4.69) is 10.5 Å². The molecule has 0 saturated carbocycles. The van der Waals surface area contributed by atoms with E-state index in [1.54, 1.807) is 45.0 Å². The van der Waals surface area contributed by atoms with Crippen LogP contribution in [0.3, 0.4) is 0 Å². The summed E-state index contributed by atoms with van der Waals surface area (Å²) in [5.74, 6) is -2.91. The fourth-order valence-electron chi connectivity index (χ4n) is 2.49. The molecule has 0 aliphatic rings. The number of aryl methyl sites for hydroxylation is 1. The molecule has 1 amide bonds. The van der Waals surface area contributed by atoms with Gasteiger partial charge in [-0.1, -0.05) is 23.4 Å². The monoisotopic (exact) mass is 388 g/mol. The Labute approximate surface area is 162 Å². The van der Waals surface area contributed by atoms with Crippen molar-refractivity contribution in [1.29, 1.82) is 0 Å². The van der Waals surface area contributed by atoms with Crippen molar-refractivity contribution in [3.63, 3.8) is 0 Å². The van der Waals surface area contributed by atoms with E-state index >= 15 is 0 Å². The number of rotatable bonds is 6. The number of aromatic nitrogens is 1. The van der Waals surface area contributed by atoms with Crippen LogP contribution in [0.2, 0.25) is 0 Å². The third-order valence-corrected chi connectivity index (χ3v) is 3.90. The molecule has 2 aromatic rings. The molecular weight excluding hydrogens is 364 g/mol. The molecule has 0 fully saturated rings. The molecule has 0 spiro atoms. The number of ether oxygens (including phenoxy) is 1. The molecule has 0 radical (unpaired) electrons. The second-order valence-corrected chi connectivity index (χ2v) is 7.44. The van der Waals surface area contributed by atoms with Gasteiger partial charge < -0.3 is 19.7 Å². The summed E-state index contributed by atoms with van der Waals surface area (Å²) >= 11 is 0. The molecule has 2 N–H and O–H groups in total. The molecule has 150 valence electrons. The standard InChI is InChI=1S/C20H24N2O6/c1-11(19(26)27-20(3,4)5)17(23)21-10-13-7-6-8-14(9-13)16-15(18(24)25)12(2)28-22-16/h6-9,11H,10H2,1-5H3,(H,21,23)(H,24,25). The Bertz CT molecular complexity index is 894. The minimum Gasteiger partial charge on any atom is -0.477 e. The number of nitrogens with one attached hydrogen (secondary N) is 1. The van der Waals surface area contributed by atoms with Crippen molar-refractivity contribution >= 4 is 17.8 Å². The number of hydrogen-bond acceptors (Lipinski definition) is 6. The van der Waals surface area contributed by atoms with Crippen LogP contribution in [0.4, 0.5) is 0 Å². The Kier molecular flexibility index (Phi) is 6.23. The van der Waals surface area contributed by atoms with Gasteiger partial charge in [0.2, 0.25) is 5.91 Å². The molecule has 28 heavy (non-hydrogen) atoms. The van der Waals surface area contributed by atoms with Gasteiger partial charge in [0, 0.05) is 12.1 Å². The van der Waals surface area contributed by atoms with Crippen LogP contribution in [0.1, 0.15) is 49.4 Å². The molecule has 0 aliphatic carbocycles. The zero-order chi connectivity index (χ0) is 21.1. The largest absolute Gasteiger partial charge is 0.477 e. The minimum absolute atomic E-state index is 0.000247. The van der Waals surface area contributed by atoms with Crippen molar-refractivity contribution in [2.24, 2.45) is 5.92 Å². The lowest BCUT2D eigenvalue weighted by atomic mass is 10.0. The third kappa shape index (κ3) is 5.18. The Balaban J connectivity index is 2.09. The van der Waals surface area contributed by atoms with Gasteiger partial charge in [-0.15, -0.1) is 0 Å². The number of aromatic carboxylic acids is 1. The van der Waals surface area contributed by atoms with Crippen LogP contribution in [0.5, 0.6) is 0 Å². The van der Waals surface area contributed by atoms with Crippen molar-refractivity contribution < 1.29 is 28.8 Å². The van der Waals surface area contributed by atoms with Crippen molar-refractivity contribution in [2.45, 2.75) is 46.8 Å². The predicted molar refractivity (Wildman–Crippen MR) is 100 cm³/mol. The highest BCUT2D eigenvalue weighted by Gasteiger charge is 2.27. The first-order valence-corrected chi connectivity index (χ1v) is 8.79. The molecule has 1 aromatic heterocycles. The lowest BCUT2D eigenvalue weighted by molar-refractivity contribution is -0.161. The van der Waals surface area contributed by atoms with E-state index in [-0.39, 0.29) is 23.6 Å². The van der Waals surface area contributed by atoms with Crippen LogP contribution in [-0.4, -0.2) is 33.7 Å². The molecular formula is C20H24N2O6. The summed E-state index contributed by atoms with van der Waals surface area (Å²) in [7, 11) is 0. The number of carbonyl (C=O) groups excluding carboxylic acids is 2. The maximum Gasteiger partial charge on any atom is 0.341 e.